The summed E-state index contributed by atoms with van der Waals surface area (Å²) in [5, 5.41) is 5.05. The van der Waals surface area contributed by atoms with Crippen LogP contribution in [0.15, 0.2) is 87.5 Å². The van der Waals surface area contributed by atoms with Crippen LogP contribution in [0.4, 0.5) is 0 Å². The molecule has 162 valence electrons. The first-order valence-corrected chi connectivity index (χ1v) is 12.0. The summed E-state index contributed by atoms with van der Waals surface area (Å²) in [7, 11) is 0. The van der Waals surface area contributed by atoms with Gasteiger partial charge in [0.1, 0.15) is 0 Å². The standard InChI is InChI=1S/C25H23BrN4OS/c1-17-7-9-19(10-8-17)15-30-23-6-4-3-5-22(23)27-25(30)32-16-24(31)29-28-18(2)20-11-13-21(26)14-12-20/h3-14H,15-16H2,1-2H3,(H,29,31). The summed E-state index contributed by atoms with van der Waals surface area (Å²) in [6.45, 7) is 4.65. The lowest BCUT2D eigenvalue weighted by Crippen LogP contribution is -2.21. The molecular weight excluding hydrogens is 484 g/mol. The van der Waals surface area contributed by atoms with Gasteiger partial charge in [-0.1, -0.05) is 81.8 Å². The molecule has 0 aliphatic rings. The van der Waals surface area contributed by atoms with Gasteiger partial charge in [0.2, 0.25) is 0 Å². The second-order valence-electron chi connectivity index (χ2n) is 7.48. The fraction of sp³-hybridized carbons (Fsp3) is 0.160. The monoisotopic (exact) mass is 506 g/mol. The minimum Gasteiger partial charge on any atom is -0.314 e. The number of hydrazone groups is 1. The summed E-state index contributed by atoms with van der Waals surface area (Å²) in [6.07, 6.45) is 0. The first-order valence-electron chi connectivity index (χ1n) is 10.2. The van der Waals surface area contributed by atoms with Crippen molar-refractivity contribution in [3.05, 3.63) is 94.0 Å². The number of para-hydroxylation sites is 2. The quantitative estimate of drug-likeness (QED) is 0.196. The Morgan fingerprint density at radius 3 is 2.53 bits per heavy atom. The predicted molar refractivity (Wildman–Crippen MR) is 135 cm³/mol. The van der Waals surface area contributed by atoms with Crippen molar-refractivity contribution in [2.75, 3.05) is 5.75 Å². The number of amides is 1. The van der Waals surface area contributed by atoms with Crippen LogP contribution in [-0.2, 0) is 11.3 Å². The number of aromatic nitrogens is 2. The van der Waals surface area contributed by atoms with Gasteiger partial charge in [0.25, 0.3) is 5.91 Å². The first kappa shape index (κ1) is 22.3. The molecule has 0 aliphatic heterocycles. The summed E-state index contributed by atoms with van der Waals surface area (Å²) in [5.74, 6) is 0.0642. The fourth-order valence-corrected chi connectivity index (χ4v) is 4.33. The number of hydrogen-bond acceptors (Lipinski definition) is 4. The van der Waals surface area contributed by atoms with Crippen LogP contribution in [0, 0.1) is 6.92 Å². The van der Waals surface area contributed by atoms with Crippen molar-refractivity contribution in [3.8, 4) is 0 Å². The number of halogens is 1. The normalized spacial score (nSPS) is 11.7. The number of fused-ring (bicyclic) bond motifs is 1. The molecular formula is C25H23BrN4OS. The van der Waals surface area contributed by atoms with Crippen LogP contribution >= 0.6 is 27.7 Å². The highest BCUT2D eigenvalue weighted by atomic mass is 79.9. The minimum absolute atomic E-state index is 0.166. The molecule has 4 rings (SSSR count). The van der Waals surface area contributed by atoms with E-state index in [1.54, 1.807) is 0 Å². The number of benzene rings is 3. The van der Waals surface area contributed by atoms with Crippen molar-refractivity contribution >= 4 is 50.3 Å². The van der Waals surface area contributed by atoms with E-state index in [1.165, 1.54) is 22.9 Å². The number of nitrogens with zero attached hydrogens (tertiary/aromatic N) is 3. The summed E-state index contributed by atoms with van der Waals surface area (Å²) in [6, 6.07) is 24.3. The number of aryl methyl sites for hydroxylation is 1. The second kappa shape index (κ2) is 10.1. The third-order valence-electron chi connectivity index (χ3n) is 5.02. The molecule has 1 amide bonds. The summed E-state index contributed by atoms with van der Waals surface area (Å²) in [5.41, 5.74) is 8.77. The van der Waals surface area contributed by atoms with Gasteiger partial charge in [0, 0.05) is 4.47 Å². The largest absolute Gasteiger partial charge is 0.314 e. The number of thioether (sulfide) groups is 1. The highest BCUT2D eigenvalue weighted by molar-refractivity contribution is 9.10. The number of hydrogen-bond donors (Lipinski definition) is 1. The molecule has 0 aliphatic carbocycles. The van der Waals surface area contributed by atoms with E-state index in [0.29, 0.717) is 6.54 Å². The second-order valence-corrected chi connectivity index (χ2v) is 9.34. The van der Waals surface area contributed by atoms with Gasteiger partial charge in [-0.2, -0.15) is 5.10 Å². The van der Waals surface area contributed by atoms with Gasteiger partial charge in [-0.05, 0) is 49.2 Å². The molecule has 0 saturated heterocycles. The van der Waals surface area contributed by atoms with E-state index in [-0.39, 0.29) is 11.7 Å². The third kappa shape index (κ3) is 5.47. The molecule has 4 aromatic rings. The van der Waals surface area contributed by atoms with Crippen LogP contribution in [0.2, 0.25) is 0 Å². The average molecular weight is 507 g/mol. The number of imidazole rings is 1. The predicted octanol–water partition coefficient (Wildman–Crippen LogP) is 5.79. The smallest absolute Gasteiger partial charge is 0.250 e. The Kier molecular flexibility index (Phi) is 7.07. The van der Waals surface area contributed by atoms with Crippen molar-refractivity contribution in [3.63, 3.8) is 0 Å². The van der Waals surface area contributed by atoms with Crippen LogP contribution < -0.4 is 5.43 Å². The van der Waals surface area contributed by atoms with Gasteiger partial charge in [0.15, 0.2) is 5.16 Å². The lowest BCUT2D eigenvalue weighted by atomic mass is 10.1. The van der Waals surface area contributed by atoms with Crippen LogP contribution in [0.3, 0.4) is 0 Å². The molecule has 0 unspecified atom stereocenters. The van der Waals surface area contributed by atoms with Crippen LogP contribution in [0.25, 0.3) is 11.0 Å². The Morgan fingerprint density at radius 1 is 1.06 bits per heavy atom. The van der Waals surface area contributed by atoms with Crippen LogP contribution in [0.1, 0.15) is 23.6 Å². The molecule has 0 fully saturated rings. The molecule has 7 heteroatoms. The Balaban J connectivity index is 1.46. The Bertz CT molecular complexity index is 1260. The lowest BCUT2D eigenvalue weighted by molar-refractivity contribution is -0.118. The zero-order valence-corrected chi connectivity index (χ0v) is 20.3. The van der Waals surface area contributed by atoms with E-state index in [9.17, 15) is 4.79 Å². The molecule has 0 saturated carbocycles. The molecule has 1 aromatic heterocycles. The lowest BCUT2D eigenvalue weighted by Gasteiger charge is -2.09. The van der Waals surface area contributed by atoms with Crippen molar-refractivity contribution in [2.45, 2.75) is 25.5 Å². The van der Waals surface area contributed by atoms with E-state index in [0.717, 1.165) is 31.9 Å². The summed E-state index contributed by atoms with van der Waals surface area (Å²) >= 11 is 4.84. The van der Waals surface area contributed by atoms with E-state index in [1.807, 2.05) is 49.4 Å². The summed E-state index contributed by atoms with van der Waals surface area (Å²) in [4.78, 5) is 17.2. The fourth-order valence-electron chi connectivity index (χ4n) is 3.26. The Morgan fingerprint density at radius 2 is 1.78 bits per heavy atom. The Labute approximate surface area is 200 Å². The number of rotatable bonds is 7. The van der Waals surface area contributed by atoms with Gasteiger partial charge in [-0.3, -0.25) is 4.79 Å². The number of nitrogens with one attached hydrogen (secondary N) is 1. The van der Waals surface area contributed by atoms with Crippen molar-refractivity contribution in [1.29, 1.82) is 0 Å². The molecule has 0 spiro atoms. The molecule has 5 nitrogen and oxygen atoms in total. The van der Waals surface area contributed by atoms with E-state index >= 15 is 0 Å². The zero-order chi connectivity index (χ0) is 22.5. The summed E-state index contributed by atoms with van der Waals surface area (Å²) < 4.78 is 3.16. The van der Waals surface area contributed by atoms with Crippen LogP contribution in [0.5, 0.6) is 0 Å². The van der Waals surface area contributed by atoms with E-state index in [4.69, 9.17) is 4.98 Å². The van der Waals surface area contributed by atoms with Gasteiger partial charge in [0.05, 0.1) is 29.0 Å². The van der Waals surface area contributed by atoms with Gasteiger partial charge >= 0.3 is 0 Å². The highest BCUT2D eigenvalue weighted by Crippen LogP contribution is 2.25. The molecule has 0 atom stereocenters. The van der Waals surface area contributed by atoms with Gasteiger partial charge in [-0.15, -0.1) is 0 Å². The number of carbonyl (C=O) groups is 1. The highest BCUT2D eigenvalue weighted by Gasteiger charge is 2.13. The van der Waals surface area contributed by atoms with Crippen LogP contribution in [-0.4, -0.2) is 26.9 Å². The third-order valence-corrected chi connectivity index (χ3v) is 6.53. The molecule has 1 heterocycles. The molecule has 0 radical (unpaired) electrons. The molecule has 0 bridgehead atoms. The minimum atomic E-state index is -0.166. The molecule has 1 N–H and O–H groups in total. The average Bonchev–Trinajstić information content (AvgIpc) is 3.15. The van der Waals surface area contributed by atoms with Crippen molar-refractivity contribution < 1.29 is 4.79 Å². The maximum absolute atomic E-state index is 12.4. The van der Waals surface area contributed by atoms with E-state index < -0.39 is 0 Å². The SMILES string of the molecule is CC(=NNC(=O)CSc1nc2ccccc2n1Cc1ccc(C)cc1)c1ccc(Br)cc1. The van der Waals surface area contributed by atoms with Crippen molar-refractivity contribution in [1.82, 2.24) is 15.0 Å². The van der Waals surface area contributed by atoms with Gasteiger partial charge < -0.3 is 4.57 Å². The molecule has 32 heavy (non-hydrogen) atoms. The zero-order valence-electron chi connectivity index (χ0n) is 17.9. The van der Waals surface area contributed by atoms with Gasteiger partial charge in [-0.25, -0.2) is 10.4 Å². The maximum atomic E-state index is 12.4. The maximum Gasteiger partial charge on any atom is 0.250 e. The van der Waals surface area contributed by atoms with Crippen molar-refractivity contribution in [2.24, 2.45) is 5.10 Å². The Hall–Kier alpha value is -2.90. The molecule has 3 aromatic carbocycles. The topological polar surface area (TPSA) is 59.3 Å². The van der Waals surface area contributed by atoms with E-state index in [2.05, 4.69) is 68.3 Å². The first-order chi connectivity index (χ1) is 15.5. The number of carbonyl (C=O) groups excluding carboxylic acids is 1.